The average molecular weight is 456 g/mol. The van der Waals surface area contributed by atoms with E-state index in [0.717, 1.165) is 11.3 Å². The first-order valence-electron chi connectivity index (χ1n) is 9.87. The van der Waals surface area contributed by atoms with Crippen LogP contribution in [0.5, 0.6) is 11.5 Å². The van der Waals surface area contributed by atoms with Gasteiger partial charge in [-0.15, -0.1) is 0 Å². The topological polar surface area (TPSA) is 71.5 Å². The van der Waals surface area contributed by atoms with Crippen LogP contribution in [0.2, 0.25) is 5.02 Å². The van der Waals surface area contributed by atoms with Crippen LogP contribution in [0.3, 0.4) is 0 Å². The number of ether oxygens (including phenoxy) is 3. The van der Waals surface area contributed by atoms with Gasteiger partial charge in [0.05, 0.1) is 19.8 Å². The number of fused-ring (bicyclic) bond motifs is 3. The van der Waals surface area contributed by atoms with Gasteiger partial charge in [0.1, 0.15) is 17.3 Å². The molecule has 0 aromatic heterocycles. The minimum absolute atomic E-state index is 0.0845. The second-order valence-electron chi connectivity index (χ2n) is 7.67. The molecular weight excluding hydrogens is 437 g/mol. The maximum atomic E-state index is 14.3. The lowest BCUT2D eigenvalue weighted by atomic mass is 9.90. The van der Waals surface area contributed by atoms with Crippen LogP contribution in [0.25, 0.3) is 0 Å². The fourth-order valence-electron chi connectivity index (χ4n) is 4.42. The highest BCUT2D eigenvalue weighted by Crippen LogP contribution is 2.63. The molecule has 3 aromatic carbocycles. The summed E-state index contributed by atoms with van der Waals surface area (Å²) < 4.78 is 31.2. The smallest absolute Gasteiger partial charge is 0.335 e. The first-order chi connectivity index (χ1) is 15.4. The van der Waals surface area contributed by atoms with Gasteiger partial charge in [-0.3, -0.25) is 0 Å². The number of aromatic carboxylic acids is 1. The molecule has 1 saturated heterocycles. The van der Waals surface area contributed by atoms with E-state index < -0.39 is 23.6 Å². The number of hydrogen-bond acceptors (Lipinski definition) is 5. The Labute approximate surface area is 188 Å². The van der Waals surface area contributed by atoms with Crippen LogP contribution >= 0.6 is 11.6 Å². The quantitative estimate of drug-likeness (QED) is 0.537. The van der Waals surface area contributed by atoms with E-state index >= 15 is 0 Å². The summed E-state index contributed by atoms with van der Waals surface area (Å²) in [4.78, 5) is 13.5. The molecule has 0 radical (unpaired) electrons. The van der Waals surface area contributed by atoms with Crippen LogP contribution < -0.4 is 14.4 Å². The molecule has 0 spiro atoms. The standard InChI is InChI=1S/C24H19ClFNO5/c1-30-16-6-3-14(21(11-16)31-2)12-27-20-8-5-15(26)10-18(20)24(23(27)32-24)17-9-13(22(28)29)4-7-19(17)25/h3-11,23H,12H2,1-2H3,(H,28,29). The highest BCUT2D eigenvalue weighted by molar-refractivity contribution is 6.31. The molecule has 0 aliphatic carbocycles. The lowest BCUT2D eigenvalue weighted by Crippen LogP contribution is -2.25. The summed E-state index contributed by atoms with van der Waals surface area (Å²) in [5.74, 6) is -0.165. The molecule has 32 heavy (non-hydrogen) atoms. The Hall–Kier alpha value is -3.29. The summed E-state index contributed by atoms with van der Waals surface area (Å²) in [6.45, 7) is 0.425. The molecule has 0 saturated carbocycles. The van der Waals surface area contributed by atoms with Gasteiger partial charge in [0.2, 0.25) is 0 Å². The maximum absolute atomic E-state index is 14.3. The van der Waals surface area contributed by atoms with Crippen LogP contribution in [0.4, 0.5) is 10.1 Å². The summed E-state index contributed by atoms with van der Waals surface area (Å²) in [5.41, 5.74) is 1.83. The molecule has 1 N–H and O–H groups in total. The van der Waals surface area contributed by atoms with E-state index in [2.05, 4.69) is 0 Å². The van der Waals surface area contributed by atoms with Crippen molar-refractivity contribution < 1.29 is 28.5 Å². The van der Waals surface area contributed by atoms with E-state index in [0.29, 0.717) is 34.2 Å². The molecule has 6 nitrogen and oxygen atoms in total. The van der Waals surface area contributed by atoms with Gasteiger partial charge >= 0.3 is 5.97 Å². The first-order valence-corrected chi connectivity index (χ1v) is 10.3. The summed E-state index contributed by atoms with van der Waals surface area (Å²) in [6, 6.07) is 14.5. The molecule has 8 heteroatoms. The number of nitrogens with zero attached hydrogens (tertiary/aromatic N) is 1. The largest absolute Gasteiger partial charge is 0.497 e. The predicted octanol–water partition coefficient (Wildman–Crippen LogP) is 4.81. The van der Waals surface area contributed by atoms with Crippen molar-refractivity contribution in [1.29, 1.82) is 0 Å². The number of carboxylic acids is 1. The van der Waals surface area contributed by atoms with Gasteiger partial charge < -0.3 is 24.2 Å². The SMILES string of the molecule is COc1ccc(CN2c3ccc(F)cc3C3(c4cc(C(=O)O)ccc4Cl)OC23)c(OC)c1. The summed E-state index contributed by atoms with van der Waals surface area (Å²) >= 11 is 6.47. The van der Waals surface area contributed by atoms with E-state index in [4.69, 9.17) is 25.8 Å². The first kappa shape index (κ1) is 20.6. The third-order valence-corrected chi connectivity index (χ3v) is 6.32. The number of anilines is 1. The molecule has 2 heterocycles. The van der Waals surface area contributed by atoms with Crippen LogP contribution in [-0.2, 0) is 16.9 Å². The van der Waals surface area contributed by atoms with Crippen LogP contribution in [-0.4, -0.2) is 31.5 Å². The minimum Gasteiger partial charge on any atom is -0.497 e. The molecule has 3 aromatic rings. The van der Waals surface area contributed by atoms with Crippen molar-refractivity contribution in [2.75, 3.05) is 19.1 Å². The monoisotopic (exact) mass is 455 g/mol. The fraction of sp³-hybridized carbons (Fsp3) is 0.208. The lowest BCUT2D eigenvalue weighted by Gasteiger charge is -2.22. The Kier molecular flexibility index (Phi) is 4.76. The van der Waals surface area contributed by atoms with Crippen molar-refractivity contribution >= 4 is 23.3 Å². The van der Waals surface area contributed by atoms with E-state index in [1.54, 1.807) is 26.4 Å². The summed E-state index contributed by atoms with van der Waals surface area (Å²) in [7, 11) is 3.17. The van der Waals surface area contributed by atoms with Gasteiger partial charge in [0, 0.05) is 40.0 Å². The lowest BCUT2D eigenvalue weighted by molar-refractivity contribution is 0.0696. The second kappa shape index (κ2) is 7.39. The van der Waals surface area contributed by atoms with Crippen molar-refractivity contribution in [2.45, 2.75) is 18.4 Å². The Morgan fingerprint density at radius 2 is 1.94 bits per heavy atom. The Balaban J connectivity index is 1.60. The maximum Gasteiger partial charge on any atom is 0.335 e. The van der Waals surface area contributed by atoms with Crippen molar-refractivity contribution in [3.05, 3.63) is 87.7 Å². The van der Waals surface area contributed by atoms with Gasteiger partial charge in [-0.1, -0.05) is 11.6 Å². The molecular formula is C24H19ClFNO5. The molecule has 2 aliphatic heterocycles. The normalized spacial score (nSPS) is 20.5. The highest BCUT2D eigenvalue weighted by atomic mass is 35.5. The molecule has 2 unspecified atom stereocenters. The third-order valence-electron chi connectivity index (χ3n) is 5.99. The van der Waals surface area contributed by atoms with Gasteiger partial charge in [-0.2, -0.15) is 0 Å². The molecule has 164 valence electrons. The summed E-state index contributed by atoms with van der Waals surface area (Å²) in [5, 5.41) is 9.81. The minimum atomic E-state index is -1.08. The molecule has 2 aliphatic rings. The van der Waals surface area contributed by atoms with Crippen molar-refractivity contribution in [3.8, 4) is 11.5 Å². The van der Waals surface area contributed by atoms with Crippen LogP contribution in [0.1, 0.15) is 27.0 Å². The molecule has 5 rings (SSSR count). The van der Waals surface area contributed by atoms with Gasteiger partial charge in [-0.25, -0.2) is 9.18 Å². The van der Waals surface area contributed by atoms with E-state index in [1.165, 1.54) is 30.3 Å². The number of methoxy groups -OCH3 is 2. The Bertz CT molecular complexity index is 1250. The van der Waals surface area contributed by atoms with Crippen molar-refractivity contribution in [3.63, 3.8) is 0 Å². The zero-order valence-corrected chi connectivity index (χ0v) is 18.0. The number of halogens is 2. The Morgan fingerprint density at radius 1 is 1.12 bits per heavy atom. The molecule has 0 amide bonds. The van der Waals surface area contributed by atoms with E-state index in [9.17, 15) is 14.3 Å². The molecule has 2 atom stereocenters. The number of rotatable bonds is 6. The van der Waals surface area contributed by atoms with E-state index in [-0.39, 0.29) is 5.56 Å². The summed E-state index contributed by atoms with van der Waals surface area (Å²) in [6.07, 6.45) is -0.465. The second-order valence-corrected chi connectivity index (χ2v) is 8.08. The van der Waals surface area contributed by atoms with Crippen molar-refractivity contribution in [1.82, 2.24) is 0 Å². The number of hydrogen-bond donors (Lipinski definition) is 1. The molecule has 1 fully saturated rings. The highest BCUT2D eigenvalue weighted by Gasteiger charge is 2.68. The predicted molar refractivity (Wildman–Crippen MR) is 116 cm³/mol. The zero-order chi connectivity index (χ0) is 22.6. The fourth-order valence-corrected chi connectivity index (χ4v) is 4.68. The number of carbonyl (C=O) groups is 1. The Morgan fingerprint density at radius 3 is 2.66 bits per heavy atom. The zero-order valence-electron chi connectivity index (χ0n) is 17.3. The number of carboxylic acid groups (broad SMARTS) is 1. The van der Waals surface area contributed by atoms with Gasteiger partial charge in [-0.05, 0) is 48.5 Å². The van der Waals surface area contributed by atoms with E-state index in [1.807, 2.05) is 17.0 Å². The van der Waals surface area contributed by atoms with Gasteiger partial charge in [0.15, 0.2) is 11.8 Å². The van der Waals surface area contributed by atoms with Gasteiger partial charge in [0.25, 0.3) is 0 Å². The number of epoxide rings is 1. The number of benzene rings is 3. The third kappa shape index (κ3) is 3.00. The van der Waals surface area contributed by atoms with Crippen molar-refractivity contribution in [2.24, 2.45) is 0 Å². The average Bonchev–Trinajstić information content (AvgIpc) is 3.48. The molecule has 0 bridgehead atoms. The van der Waals surface area contributed by atoms with Crippen LogP contribution in [0, 0.1) is 5.82 Å². The van der Waals surface area contributed by atoms with Crippen LogP contribution in [0.15, 0.2) is 54.6 Å².